The average molecular weight is 480 g/mol. The molecule has 2 aromatic rings. The minimum Gasteiger partial charge on any atom is -0.481 e. The van der Waals surface area contributed by atoms with E-state index in [4.69, 9.17) is 9.84 Å². The highest BCUT2D eigenvalue weighted by molar-refractivity contribution is 5.86. The van der Waals surface area contributed by atoms with Crippen LogP contribution in [0.1, 0.15) is 43.2 Å². The fraction of sp³-hybridized carbons (Fsp3) is 0.444. The number of nitrogens with zero attached hydrogens (tertiary/aromatic N) is 2. The summed E-state index contributed by atoms with van der Waals surface area (Å²) >= 11 is 0. The molecule has 2 aromatic carbocycles. The quantitative estimate of drug-likeness (QED) is 0.603. The molecule has 1 heterocycles. The molecule has 0 radical (unpaired) electrons. The van der Waals surface area contributed by atoms with Crippen LogP contribution in [-0.2, 0) is 14.3 Å². The molecule has 0 saturated carbocycles. The van der Waals surface area contributed by atoms with Crippen molar-refractivity contribution in [2.45, 2.75) is 38.1 Å². The third-order valence-corrected chi connectivity index (χ3v) is 6.93. The highest BCUT2D eigenvalue weighted by atomic mass is 16.5. The number of benzene rings is 2. The van der Waals surface area contributed by atoms with Crippen molar-refractivity contribution in [2.75, 3.05) is 39.3 Å². The van der Waals surface area contributed by atoms with E-state index < -0.39 is 18.1 Å². The first-order valence-electron chi connectivity index (χ1n) is 12.3. The second-order valence-corrected chi connectivity index (χ2v) is 9.07. The number of carboxylic acids is 1. The zero-order valence-corrected chi connectivity index (χ0v) is 20.1. The summed E-state index contributed by atoms with van der Waals surface area (Å²) in [6.45, 7) is 5.97. The fourth-order valence-corrected chi connectivity index (χ4v) is 5.04. The fourth-order valence-electron chi connectivity index (χ4n) is 5.04. The van der Waals surface area contributed by atoms with Crippen LogP contribution in [0.25, 0.3) is 11.1 Å². The van der Waals surface area contributed by atoms with E-state index in [1.54, 1.807) is 4.90 Å². The number of likely N-dealkylation sites (N-methyl/N-ethyl adjacent to an activating group) is 1. The first-order chi connectivity index (χ1) is 17.0. The number of carbonyl (C=O) groups excluding carboxylic acids is 2. The first kappa shape index (κ1) is 24.7. The summed E-state index contributed by atoms with van der Waals surface area (Å²) in [5, 5.41) is 11.8. The molecule has 1 saturated heterocycles. The number of aliphatic carboxylic acids is 1. The third kappa shape index (κ3) is 5.82. The van der Waals surface area contributed by atoms with Crippen LogP contribution in [0.2, 0.25) is 0 Å². The predicted molar refractivity (Wildman–Crippen MR) is 132 cm³/mol. The van der Waals surface area contributed by atoms with Gasteiger partial charge in [0.05, 0.1) is 0 Å². The molecular formula is C27H33N3O5. The predicted octanol–water partition coefficient (Wildman–Crippen LogP) is 3.31. The van der Waals surface area contributed by atoms with Gasteiger partial charge < -0.3 is 25.0 Å². The maximum Gasteiger partial charge on any atom is 0.407 e. The van der Waals surface area contributed by atoms with E-state index in [9.17, 15) is 14.4 Å². The maximum atomic E-state index is 13.2. The van der Waals surface area contributed by atoms with Gasteiger partial charge in [0.15, 0.2) is 0 Å². The van der Waals surface area contributed by atoms with Gasteiger partial charge in [-0.25, -0.2) is 4.79 Å². The number of carbonyl (C=O) groups is 3. The van der Waals surface area contributed by atoms with Crippen LogP contribution >= 0.6 is 0 Å². The third-order valence-electron chi connectivity index (χ3n) is 6.93. The Labute approximate surface area is 205 Å². The average Bonchev–Trinajstić information content (AvgIpc) is 3.00. The van der Waals surface area contributed by atoms with Gasteiger partial charge in [-0.2, -0.15) is 0 Å². The molecule has 0 bridgehead atoms. The van der Waals surface area contributed by atoms with Crippen LogP contribution in [0.3, 0.4) is 0 Å². The lowest BCUT2D eigenvalue weighted by atomic mass is 9.98. The van der Waals surface area contributed by atoms with Gasteiger partial charge in [0.2, 0.25) is 5.91 Å². The summed E-state index contributed by atoms with van der Waals surface area (Å²) in [4.78, 5) is 41.2. The topological polar surface area (TPSA) is 99.2 Å². The number of alkyl carbamates (subject to hydrolysis) is 1. The number of hydrogen-bond acceptors (Lipinski definition) is 5. The van der Waals surface area contributed by atoms with Gasteiger partial charge >= 0.3 is 12.1 Å². The zero-order chi connectivity index (χ0) is 24.8. The lowest BCUT2D eigenvalue weighted by Gasteiger charge is -2.27. The van der Waals surface area contributed by atoms with Gasteiger partial charge in [0.25, 0.3) is 0 Å². The molecule has 2 aliphatic rings. The molecule has 1 aliphatic heterocycles. The molecule has 4 rings (SSSR count). The van der Waals surface area contributed by atoms with Crippen LogP contribution < -0.4 is 5.32 Å². The number of carboxylic acid groups (broad SMARTS) is 1. The SMILES string of the molecule is CCN1CCCN(C(=O)C(CCC(=O)O)NC(=O)OCC2c3ccccc3-c3ccccc32)CC1. The van der Waals surface area contributed by atoms with Crippen LogP contribution in [0.4, 0.5) is 4.79 Å². The smallest absolute Gasteiger partial charge is 0.407 e. The molecule has 1 aliphatic carbocycles. The molecular weight excluding hydrogens is 446 g/mol. The Morgan fingerprint density at radius 1 is 1.00 bits per heavy atom. The van der Waals surface area contributed by atoms with Crippen molar-refractivity contribution in [1.29, 1.82) is 0 Å². The van der Waals surface area contributed by atoms with E-state index in [2.05, 4.69) is 29.3 Å². The Balaban J connectivity index is 1.41. The summed E-state index contributed by atoms with van der Waals surface area (Å²) in [6, 6.07) is 15.2. The summed E-state index contributed by atoms with van der Waals surface area (Å²) in [7, 11) is 0. The Bertz CT molecular complexity index is 1030. The molecule has 35 heavy (non-hydrogen) atoms. The highest BCUT2D eigenvalue weighted by Crippen LogP contribution is 2.44. The van der Waals surface area contributed by atoms with E-state index >= 15 is 0 Å². The minimum atomic E-state index is -1.01. The van der Waals surface area contributed by atoms with Crippen LogP contribution in [0.5, 0.6) is 0 Å². The second-order valence-electron chi connectivity index (χ2n) is 9.07. The van der Waals surface area contributed by atoms with E-state index in [0.29, 0.717) is 13.1 Å². The number of nitrogens with one attached hydrogen (secondary N) is 1. The normalized spacial score (nSPS) is 16.7. The Morgan fingerprint density at radius 3 is 2.29 bits per heavy atom. The molecule has 1 unspecified atom stereocenters. The van der Waals surface area contributed by atoms with Crippen molar-refractivity contribution in [3.05, 3.63) is 59.7 Å². The molecule has 0 spiro atoms. The van der Waals surface area contributed by atoms with Gasteiger partial charge in [-0.05, 0) is 48.2 Å². The van der Waals surface area contributed by atoms with Crippen LogP contribution in [0, 0.1) is 0 Å². The van der Waals surface area contributed by atoms with Gasteiger partial charge in [-0.3, -0.25) is 9.59 Å². The summed E-state index contributed by atoms with van der Waals surface area (Å²) in [6.07, 6.45) is -0.0575. The van der Waals surface area contributed by atoms with Crippen molar-refractivity contribution in [3.8, 4) is 11.1 Å². The summed E-state index contributed by atoms with van der Waals surface area (Å²) < 4.78 is 5.60. The molecule has 1 fully saturated rings. The summed E-state index contributed by atoms with van der Waals surface area (Å²) in [5.74, 6) is -1.35. The number of rotatable bonds is 8. The van der Waals surface area contributed by atoms with E-state index in [1.807, 2.05) is 36.4 Å². The van der Waals surface area contributed by atoms with E-state index in [-0.39, 0.29) is 31.3 Å². The van der Waals surface area contributed by atoms with E-state index in [1.165, 1.54) is 0 Å². The van der Waals surface area contributed by atoms with E-state index in [0.717, 1.165) is 48.3 Å². The van der Waals surface area contributed by atoms with Crippen LogP contribution in [0.15, 0.2) is 48.5 Å². The molecule has 8 nitrogen and oxygen atoms in total. The molecule has 2 N–H and O–H groups in total. The molecule has 8 heteroatoms. The minimum absolute atomic E-state index is 0.0202. The molecule has 2 amide bonds. The van der Waals surface area contributed by atoms with Crippen molar-refractivity contribution in [1.82, 2.24) is 15.1 Å². The zero-order valence-electron chi connectivity index (χ0n) is 20.1. The number of ether oxygens (including phenoxy) is 1. The number of amides is 2. The van der Waals surface area contributed by atoms with Gasteiger partial charge in [0.1, 0.15) is 12.6 Å². The van der Waals surface area contributed by atoms with Gasteiger partial charge in [-0.15, -0.1) is 0 Å². The van der Waals surface area contributed by atoms with Crippen LogP contribution in [-0.4, -0.2) is 78.2 Å². The number of fused-ring (bicyclic) bond motifs is 3. The van der Waals surface area contributed by atoms with Gasteiger partial charge in [-0.1, -0.05) is 55.5 Å². The summed E-state index contributed by atoms with van der Waals surface area (Å²) in [5.41, 5.74) is 4.47. The Hall–Kier alpha value is -3.39. The van der Waals surface area contributed by atoms with Gasteiger partial charge in [0, 0.05) is 32.0 Å². The second kappa shape index (κ2) is 11.4. The highest BCUT2D eigenvalue weighted by Gasteiger charge is 2.31. The first-order valence-corrected chi connectivity index (χ1v) is 12.3. The molecule has 186 valence electrons. The Morgan fingerprint density at radius 2 is 1.66 bits per heavy atom. The molecule has 1 atom stereocenters. The standard InChI is InChI=1S/C27H33N3O5/c1-2-29-14-7-15-30(17-16-29)26(33)24(12-13-25(31)32)28-27(34)35-18-23-21-10-5-3-8-19(21)20-9-4-6-11-22(20)23/h3-6,8-11,23-24H,2,7,12-18H2,1H3,(H,28,34)(H,31,32). The monoisotopic (exact) mass is 479 g/mol. The van der Waals surface area contributed by atoms with Crippen molar-refractivity contribution in [2.24, 2.45) is 0 Å². The lowest BCUT2D eigenvalue weighted by Crippen LogP contribution is -2.50. The Kier molecular flexibility index (Phi) is 8.02. The lowest BCUT2D eigenvalue weighted by molar-refractivity contribution is -0.138. The van der Waals surface area contributed by atoms with Crippen molar-refractivity contribution in [3.63, 3.8) is 0 Å². The van der Waals surface area contributed by atoms with Crippen molar-refractivity contribution < 1.29 is 24.2 Å². The maximum absolute atomic E-state index is 13.2. The van der Waals surface area contributed by atoms with Crippen molar-refractivity contribution >= 4 is 18.0 Å². The molecule has 0 aromatic heterocycles. The largest absolute Gasteiger partial charge is 0.481 e. The number of hydrogen-bond donors (Lipinski definition) is 2.